The van der Waals surface area contributed by atoms with Crippen molar-refractivity contribution < 1.29 is 23.9 Å². The number of methoxy groups -OCH3 is 1. The fraction of sp³-hybridized carbons (Fsp3) is 0.464. The molecule has 0 saturated heterocycles. The molecule has 0 radical (unpaired) electrons. The molecule has 0 saturated carbocycles. The fourth-order valence-corrected chi connectivity index (χ4v) is 3.93. The van der Waals surface area contributed by atoms with Gasteiger partial charge in [-0.1, -0.05) is 36.8 Å². The Morgan fingerprint density at radius 2 is 1.62 bits per heavy atom. The van der Waals surface area contributed by atoms with Crippen molar-refractivity contribution in [2.24, 2.45) is 0 Å². The maximum atomic E-state index is 13.9. The Balaban J connectivity index is 2.47. The summed E-state index contributed by atoms with van der Waals surface area (Å²) in [5, 5.41) is 5.55. The number of nitrogens with one attached hydrogen (secondary N) is 2. The van der Waals surface area contributed by atoms with Gasteiger partial charge in [0.25, 0.3) is 5.91 Å². The predicted molar refractivity (Wildman–Crippen MR) is 149 cm³/mol. The second-order valence-corrected chi connectivity index (χ2v) is 10.3. The van der Waals surface area contributed by atoms with Crippen molar-refractivity contribution in [1.29, 1.82) is 0 Å². The zero-order valence-electron chi connectivity index (χ0n) is 22.7. The molecule has 0 fully saturated rings. The van der Waals surface area contributed by atoms with Gasteiger partial charge in [0, 0.05) is 17.5 Å². The number of hydrogen-bond donors (Lipinski definition) is 3. The first-order valence-electron chi connectivity index (χ1n) is 12.3. The molecule has 0 spiro atoms. The van der Waals surface area contributed by atoms with Gasteiger partial charge in [0.2, 0.25) is 5.91 Å². The van der Waals surface area contributed by atoms with E-state index in [-0.39, 0.29) is 17.7 Å². The van der Waals surface area contributed by atoms with E-state index < -0.39 is 29.7 Å². The van der Waals surface area contributed by atoms with Crippen molar-refractivity contribution in [3.63, 3.8) is 0 Å². The molecule has 0 aliphatic rings. The van der Waals surface area contributed by atoms with Crippen molar-refractivity contribution in [2.45, 2.75) is 71.7 Å². The van der Waals surface area contributed by atoms with E-state index >= 15 is 0 Å². The SMILES string of the molecule is CCC(C)N(C(=O)C(CS)NC(=O)OC(C)(C)C)C(C(=O)Nc1ccc(OC)cc1)c1ccc(C)cc1. The summed E-state index contributed by atoms with van der Waals surface area (Å²) in [7, 11) is 1.57. The Kier molecular flexibility index (Phi) is 10.9. The summed E-state index contributed by atoms with van der Waals surface area (Å²) in [4.78, 5) is 41.7. The number of ether oxygens (including phenoxy) is 2. The molecule has 3 unspecified atom stereocenters. The van der Waals surface area contributed by atoms with Gasteiger partial charge in [-0.25, -0.2) is 4.79 Å². The van der Waals surface area contributed by atoms with Crippen molar-refractivity contribution >= 4 is 36.2 Å². The van der Waals surface area contributed by atoms with E-state index in [0.29, 0.717) is 23.4 Å². The summed E-state index contributed by atoms with van der Waals surface area (Å²) in [6.07, 6.45) is -0.131. The van der Waals surface area contributed by atoms with E-state index in [0.717, 1.165) is 5.56 Å². The highest BCUT2D eigenvalue weighted by molar-refractivity contribution is 7.80. The van der Waals surface area contributed by atoms with Crippen molar-refractivity contribution in [3.05, 3.63) is 59.7 Å². The van der Waals surface area contributed by atoms with Crippen LogP contribution in [0.3, 0.4) is 0 Å². The molecule has 0 aliphatic carbocycles. The van der Waals surface area contributed by atoms with Crippen molar-refractivity contribution in [2.75, 3.05) is 18.2 Å². The lowest BCUT2D eigenvalue weighted by Gasteiger charge is -2.38. The number of amides is 3. The van der Waals surface area contributed by atoms with E-state index in [4.69, 9.17) is 9.47 Å². The number of thiol groups is 1. The molecule has 3 atom stereocenters. The minimum atomic E-state index is -0.992. The van der Waals surface area contributed by atoms with Gasteiger partial charge < -0.3 is 25.0 Å². The third-order valence-electron chi connectivity index (χ3n) is 5.77. The molecule has 2 N–H and O–H groups in total. The van der Waals surface area contributed by atoms with Crippen molar-refractivity contribution in [3.8, 4) is 5.75 Å². The Labute approximate surface area is 225 Å². The van der Waals surface area contributed by atoms with Crippen molar-refractivity contribution in [1.82, 2.24) is 10.2 Å². The quantitative estimate of drug-likeness (QED) is 0.371. The number of hydrogen-bond acceptors (Lipinski definition) is 6. The van der Waals surface area contributed by atoms with Gasteiger partial charge in [-0.2, -0.15) is 12.6 Å². The summed E-state index contributed by atoms with van der Waals surface area (Å²) < 4.78 is 10.5. The summed E-state index contributed by atoms with van der Waals surface area (Å²) in [5.74, 6) is -0.107. The number of aryl methyl sites for hydroxylation is 1. The Hall–Kier alpha value is -3.20. The highest BCUT2D eigenvalue weighted by Gasteiger charge is 2.38. The number of nitrogens with zero attached hydrogens (tertiary/aromatic N) is 1. The summed E-state index contributed by atoms with van der Waals surface area (Å²) >= 11 is 4.32. The first-order valence-corrected chi connectivity index (χ1v) is 13.0. The zero-order chi connectivity index (χ0) is 27.8. The molecule has 9 heteroatoms. The van der Waals surface area contributed by atoms with E-state index in [2.05, 4.69) is 23.3 Å². The van der Waals surface area contributed by atoms with E-state index in [1.54, 1.807) is 52.1 Å². The molecule has 0 heterocycles. The van der Waals surface area contributed by atoms with Gasteiger partial charge in [0.15, 0.2) is 0 Å². The topological polar surface area (TPSA) is 97.0 Å². The molecule has 2 aromatic rings. The van der Waals surface area contributed by atoms with E-state index in [1.807, 2.05) is 45.0 Å². The number of benzene rings is 2. The molecular formula is C28H39N3O5S. The van der Waals surface area contributed by atoms with Crippen LogP contribution < -0.4 is 15.4 Å². The number of rotatable bonds is 10. The zero-order valence-corrected chi connectivity index (χ0v) is 23.6. The molecule has 37 heavy (non-hydrogen) atoms. The second-order valence-electron chi connectivity index (χ2n) is 9.92. The van der Waals surface area contributed by atoms with Crippen LogP contribution in [0.2, 0.25) is 0 Å². The van der Waals surface area contributed by atoms with Gasteiger partial charge in [0.05, 0.1) is 7.11 Å². The molecule has 2 rings (SSSR count). The minimum absolute atomic E-state index is 0.0335. The first-order chi connectivity index (χ1) is 17.4. The highest BCUT2D eigenvalue weighted by atomic mass is 32.1. The summed E-state index contributed by atoms with van der Waals surface area (Å²) in [5.41, 5.74) is 1.52. The van der Waals surface area contributed by atoms with Crippen LogP contribution >= 0.6 is 12.6 Å². The van der Waals surface area contributed by atoms with Crippen LogP contribution in [0, 0.1) is 6.92 Å². The summed E-state index contributed by atoms with van der Waals surface area (Å²) in [6, 6.07) is 12.2. The van der Waals surface area contributed by atoms with Gasteiger partial charge in [-0.05, 0) is 70.9 Å². The molecular weight excluding hydrogens is 490 g/mol. The van der Waals surface area contributed by atoms with Crippen LogP contribution in [0.15, 0.2) is 48.5 Å². The maximum Gasteiger partial charge on any atom is 0.408 e. The van der Waals surface area contributed by atoms with Crippen LogP contribution in [0.5, 0.6) is 5.75 Å². The lowest BCUT2D eigenvalue weighted by atomic mass is 9.99. The lowest BCUT2D eigenvalue weighted by molar-refractivity contribution is -0.142. The average molecular weight is 530 g/mol. The molecule has 0 aliphatic heterocycles. The Morgan fingerprint density at radius 1 is 1.03 bits per heavy atom. The monoisotopic (exact) mass is 529 g/mol. The predicted octanol–water partition coefficient (Wildman–Crippen LogP) is 5.13. The number of anilines is 1. The number of alkyl carbamates (subject to hydrolysis) is 1. The van der Waals surface area contributed by atoms with Crippen LogP contribution in [0.4, 0.5) is 10.5 Å². The summed E-state index contributed by atoms with van der Waals surface area (Å²) in [6.45, 7) is 11.0. The average Bonchev–Trinajstić information content (AvgIpc) is 2.85. The van der Waals surface area contributed by atoms with Crippen LogP contribution in [-0.2, 0) is 14.3 Å². The van der Waals surface area contributed by atoms with Crippen LogP contribution in [0.1, 0.15) is 58.2 Å². The third-order valence-corrected chi connectivity index (χ3v) is 6.13. The lowest BCUT2D eigenvalue weighted by Crippen LogP contribution is -2.55. The molecule has 0 bridgehead atoms. The van der Waals surface area contributed by atoms with Gasteiger partial charge in [-0.3, -0.25) is 9.59 Å². The van der Waals surface area contributed by atoms with Gasteiger partial charge >= 0.3 is 6.09 Å². The third kappa shape index (κ3) is 8.70. The van der Waals surface area contributed by atoms with Crippen LogP contribution in [-0.4, -0.2) is 53.4 Å². The number of carbonyl (C=O) groups is 3. The van der Waals surface area contributed by atoms with E-state index in [9.17, 15) is 14.4 Å². The number of carbonyl (C=O) groups excluding carboxylic acids is 3. The van der Waals surface area contributed by atoms with Gasteiger partial charge in [0.1, 0.15) is 23.4 Å². The maximum absolute atomic E-state index is 13.9. The molecule has 2 aromatic carbocycles. The smallest absolute Gasteiger partial charge is 0.408 e. The molecule has 202 valence electrons. The molecule has 8 nitrogen and oxygen atoms in total. The standard InChI is InChI=1S/C28H39N3O5S/c1-8-19(3)31(26(33)23(17-37)30-27(34)36-28(4,5)6)24(20-11-9-18(2)10-12-20)25(32)29-21-13-15-22(35-7)16-14-21/h9-16,19,23-24,37H,8,17H2,1-7H3,(H,29,32)(H,30,34). The highest BCUT2D eigenvalue weighted by Crippen LogP contribution is 2.28. The first kappa shape index (κ1) is 30.0. The van der Waals surface area contributed by atoms with Gasteiger partial charge in [-0.15, -0.1) is 0 Å². The fourth-order valence-electron chi connectivity index (χ4n) is 3.68. The van der Waals surface area contributed by atoms with Crippen LogP contribution in [0.25, 0.3) is 0 Å². The largest absolute Gasteiger partial charge is 0.497 e. The minimum Gasteiger partial charge on any atom is -0.497 e. The van der Waals surface area contributed by atoms with E-state index in [1.165, 1.54) is 4.90 Å². The second kappa shape index (κ2) is 13.4. The molecule has 0 aromatic heterocycles. The Morgan fingerprint density at radius 3 is 2.11 bits per heavy atom. The molecule has 3 amide bonds. The normalized spacial score (nSPS) is 13.6. The Bertz CT molecular complexity index is 1050.